The molecule has 1 amide bonds. The van der Waals surface area contributed by atoms with Crippen LogP contribution in [0.1, 0.15) is 66.0 Å². The number of hydrazine groups is 1. The highest BCUT2D eigenvalue weighted by Gasteiger charge is 2.27. The van der Waals surface area contributed by atoms with Gasteiger partial charge < -0.3 is 5.32 Å². The van der Waals surface area contributed by atoms with E-state index in [0.717, 1.165) is 17.7 Å². The molecule has 2 aromatic rings. The molecule has 0 radical (unpaired) electrons. The molecule has 162 valence electrons. The average Bonchev–Trinajstić information content (AvgIpc) is 2.98. The van der Waals surface area contributed by atoms with Crippen molar-refractivity contribution in [2.24, 2.45) is 11.8 Å². The van der Waals surface area contributed by atoms with E-state index in [1.807, 2.05) is 18.5 Å². The summed E-state index contributed by atoms with van der Waals surface area (Å²) in [5, 5.41) is 8.39. The first-order valence-electron chi connectivity index (χ1n) is 10.7. The molecule has 1 aliphatic rings. The van der Waals surface area contributed by atoms with Crippen LogP contribution in [0.15, 0.2) is 24.3 Å². The zero-order valence-corrected chi connectivity index (χ0v) is 19.4. The van der Waals surface area contributed by atoms with Crippen molar-refractivity contribution in [1.29, 1.82) is 0 Å². The van der Waals surface area contributed by atoms with E-state index in [2.05, 4.69) is 66.3 Å². The number of nitrogens with one attached hydrogen (secondary N) is 3. The quantitative estimate of drug-likeness (QED) is 0.512. The van der Waals surface area contributed by atoms with Crippen LogP contribution in [0.5, 0.6) is 0 Å². The zero-order valence-electron chi connectivity index (χ0n) is 18.6. The smallest absolute Gasteiger partial charge is 0.273 e. The van der Waals surface area contributed by atoms with Gasteiger partial charge in [0.05, 0.1) is 17.8 Å². The van der Waals surface area contributed by atoms with Crippen LogP contribution in [0.3, 0.4) is 0 Å². The molecular weight excluding hydrogens is 394 g/mol. The molecule has 0 unspecified atom stereocenters. The molecule has 6 nitrogen and oxygen atoms in total. The van der Waals surface area contributed by atoms with E-state index < -0.39 is 0 Å². The number of hydrogen-bond donors (Lipinski definition) is 3. The van der Waals surface area contributed by atoms with Gasteiger partial charge in [0, 0.05) is 11.7 Å². The van der Waals surface area contributed by atoms with Crippen molar-refractivity contribution < 1.29 is 4.79 Å². The lowest BCUT2D eigenvalue weighted by molar-refractivity contribution is 0.0942. The second kappa shape index (κ2) is 9.60. The van der Waals surface area contributed by atoms with E-state index >= 15 is 0 Å². The summed E-state index contributed by atoms with van der Waals surface area (Å²) in [4.78, 5) is 12.8. The Morgan fingerprint density at radius 2 is 1.83 bits per heavy atom. The zero-order chi connectivity index (χ0) is 21.8. The van der Waals surface area contributed by atoms with Crippen LogP contribution in [0.4, 0.5) is 0 Å². The number of aromatic nitrogens is 2. The Morgan fingerprint density at radius 3 is 2.53 bits per heavy atom. The molecule has 1 saturated carbocycles. The summed E-state index contributed by atoms with van der Waals surface area (Å²) < 4.78 is 1.87. The highest BCUT2D eigenvalue weighted by Crippen LogP contribution is 2.29. The summed E-state index contributed by atoms with van der Waals surface area (Å²) in [5.74, 6) is 1.01. The van der Waals surface area contributed by atoms with Crippen LogP contribution < -0.4 is 16.2 Å². The summed E-state index contributed by atoms with van der Waals surface area (Å²) >= 11 is 5.41. The number of nitrogens with zero attached hydrogens (tertiary/aromatic N) is 2. The van der Waals surface area contributed by atoms with Crippen molar-refractivity contribution in [3.05, 3.63) is 52.3 Å². The molecule has 7 heteroatoms. The molecule has 3 atom stereocenters. The molecule has 3 N–H and O–H groups in total. The van der Waals surface area contributed by atoms with E-state index in [9.17, 15) is 4.79 Å². The minimum atomic E-state index is -0.227. The van der Waals surface area contributed by atoms with Gasteiger partial charge in [-0.05, 0) is 56.8 Å². The molecule has 3 rings (SSSR count). The molecule has 0 bridgehead atoms. The molecule has 1 fully saturated rings. The lowest BCUT2D eigenvalue weighted by Crippen LogP contribution is -2.52. The van der Waals surface area contributed by atoms with Crippen molar-refractivity contribution in [1.82, 2.24) is 25.9 Å². The van der Waals surface area contributed by atoms with Gasteiger partial charge in [0.1, 0.15) is 0 Å². The lowest BCUT2D eigenvalue weighted by Gasteiger charge is -2.35. The summed E-state index contributed by atoms with van der Waals surface area (Å²) in [6, 6.07) is 8.68. The summed E-state index contributed by atoms with van der Waals surface area (Å²) in [7, 11) is 0. The predicted octanol–water partition coefficient (Wildman–Crippen LogP) is 3.79. The van der Waals surface area contributed by atoms with Crippen LogP contribution >= 0.6 is 12.2 Å². The number of rotatable bonds is 4. The van der Waals surface area contributed by atoms with Crippen LogP contribution in [0.25, 0.3) is 0 Å². The van der Waals surface area contributed by atoms with Gasteiger partial charge in [-0.3, -0.25) is 20.3 Å². The number of hydrogen-bond acceptors (Lipinski definition) is 3. The van der Waals surface area contributed by atoms with Crippen molar-refractivity contribution in [2.75, 3.05) is 0 Å². The van der Waals surface area contributed by atoms with Crippen molar-refractivity contribution >= 4 is 23.2 Å². The fourth-order valence-corrected chi connectivity index (χ4v) is 4.41. The van der Waals surface area contributed by atoms with Crippen LogP contribution in [-0.4, -0.2) is 26.8 Å². The van der Waals surface area contributed by atoms with Gasteiger partial charge >= 0.3 is 0 Å². The SMILES string of the molecule is Cc1ccc(Cn2nc(C)c(C(=O)NNC(=S)N[C@H]3CCC[C@@H](C)[C@@H]3C)c2C)cc1. The van der Waals surface area contributed by atoms with Crippen molar-refractivity contribution in [3.63, 3.8) is 0 Å². The number of amides is 1. The predicted molar refractivity (Wildman–Crippen MR) is 124 cm³/mol. The Bertz CT molecular complexity index is 905. The van der Waals surface area contributed by atoms with Gasteiger partial charge in [-0.2, -0.15) is 5.10 Å². The number of carbonyl (C=O) groups excluding carboxylic acids is 1. The van der Waals surface area contributed by atoms with E-state index in [1.54, 1.807) is 0 Å². The summed E-state index contributed by atoms with van der Waals surface area (Å²) in [6.45, 7) is 11.0. The Labute approximate surface area is 184 Å². The van der Waals surface area contributed by atoms with E-state index in [1.165, 1.54) is 18.4 Å². The maximum atomic E-state index is 12.8. The molecule has 30 heavy (non-hydrogen) atoms. The number of aryl methyl sites for hydroxylation is 2. The van der Waals surface area contributed by atoms with Gasteiger partial charge in [-0.15, -0.1) is 0 Å². The standard InChI is InChI=1S/C23H33N5OS/c1-14-9-11-19(12-10-14)13-28-18(5)21(17(4)27-28)22(29)25-26-23(30)24-20-8-6-7-15(2)16(20)3/h9-12,15-16,20H,6-8,13H2,1-5H3,(H,25,29)(H2,24,26,30)/t15-,16+,20+/m1/s1. The maximum Gasteiger partial charge on any atom is 0.273 e. The highest BCUT2D eigenvalue weighted by molar-refractivity contribution is 7.80. The fraction of sp³-hybridized carbons (Fsp3) is 0.522. The minimum absolute atomic E-state index is 0.227. The highest BCUT2D eigenvalue weighted by atomic mass is 32.1. The number of benzene rings is 1. The second-order valence-electron chi connectivity index (χ2n) is 8.62. The van der Waals surface area contributed by atoms with Gasteiger partial charge in [-0.25, -0.2) is 0 Å². The second-order valence-corrected chi connectivity index (χ2v) is 9.02. The van der Waals surface area contributed by atoms with Gasteiger partial charge in [0.25, 0.3) is 5.91 Å². The third kappa shape index (κ3) is 5.19. The van der Waals surface area contributed by atoms with E-state index in [4.69, 9.17) is 12.2 Å². The third-order valence-corrected chi connectivity index (χ3v) is 6.59. The Morgan fingerprint density at radius 1 is 1.13 bits per heavy atom. The molecule has 0 aliphatic heterocycles. The maximum absolute atomic E-state index is 12.8. The first kappa shape index (κ1) is 22.3. The molecule has 1 aliphatic carbocycles. The normalized spacial score (nSPS) is 21.2. The summed E-state index contributed by atoms with van der Waals surface area (Å²) in [5.41, 5.74) is 10.1. The number of thiocarbonyl (C=S) groups is 1. The minimum Gasteiger partial charge on any atom is -0.358 e. The Balaban J connectivity index is 1.59. The molecule has 1 aromatic heterocycles. The summed E-state index contributed by atoms with van der Waals surface area (Å²) in [6.07, 6.45) is 3.57. The van der Waals surface area contributed by atoms with Crippen LogP contribution in [-0.2, 0) is 6.54 Å². The van der Waals surface area contributed by atoms with Crippen LogP contribution in [0, 0.1) is 32.6 Å². The van der Waals surface area contributed by atoms with E-state index in [-0.39, 0.29) is 5.91 Å². The number of carbonyl (C=O) groups is 1. The molecular formula is C23H33N5OS. The largest absolute Gasteiger partial charge is 0.358 e. The van der Waals surface area contributed by atoms with Crippen LogP contribution in [0.2, 0.25) is 0 Å². The molecule has 0 spiro atoms. The van der Waals surface area contributed by atoms with Crippen molar-refractivity contribution in [2.45, 2.75) is 66.5 Å². The first-order chi connectivity index (χ1) is 14.3. The average molecular weight is 428 g/mol. The first-order valence-corrected chi connectivity index (χ1v) is 11.1. The third-order valence-electron chi connectivity index (χ3n) is 6.37. The molecule has 0 saturated heterocycles. The fourth-order valence-electron chi connectivity index (χ4n) is 4.21. The lowest BCUT2D eigenvalue weighted by atomic mass is 9.78. The Kier molecular flexibility index (Phi) is 7.13. The molecule has 1 aromatic carbocycles. The topological polar surface area (TPSA) is 71.0 Å². The van der Waals surface area contributed by atoms with E-state index in [0.29, 0.717) is 40.8 Å². The Hall–Kier alpha value is -2.41. The molecule has 1 heterocycles. The van der Waals surface area contributed by atoms with Gasteiger partial charge in [-0.1, -0.05) is 56.5 Å². The van der Waals surface area contributed by atoms with Gasteiger partial charge in [0.2, 0.25) is 0 Å². The van der Waals surface area contributed by atoms with Crippen molar-refractivity contribution in [3.8, 4) is 0 Å². The van der Waals surface area contributed by atoms with Gasteiger partial charge in [0.15, 0.2) is 5.11 Å². The monoisotopic (exact) mass is 427 g/mol.